The highest BCUT2D eigenvalue weighted by Crippen LogP contribution is 2.32. The summed E-state index contributed by atoms with van der Waals surface area (Å²) in [6.07, 6.45) is 3.57. The fourth-order valence-corrected chi connectivity index (χ4v) is 2.88. The summed E-state index contributed by atoms with van der Waals surface area (Å²) in [6, 6.07) is 5.83. The van der Waals surface area contributed by atoms with Gasteiger partial charge in [0.1, 0.15) is 10.1 Å². The number of nitrogens with zero attached hydrogens (tertiary/aromatic N) is 2. The molecule has 2 rings (SSSR count). The molecule has 0 radical (unpaired) electrons. The van der Waals surface area contributed by atoms with Crippen LogP contribution >= 0.6 is 27.7 Å². The van der Waals surface area contributed by atoms with E-state index in [1.807, 2.05) is 25.1 Å². The Morgan fingerprint density at radius 1 is 1.24 bits per heavy atom. The SMILES string of the molecule is Cc1ccnc(Sc2ncccc2Br)c1CN. The smallest absolute Gasteiger partial charge is 0.116 e. The average Bonchev–Trinajstić information content (AvgIpc) is 2.32. The first-order valence-corrected chi connectivity index (χ1v) is 6.76. The van der Waals surface area contributed by atoms with Crippen LogP contribution in [0.4, 0.5) is 0 Å². The van der Waals surface area contributed by atoms with Gasteiger partial charge in [-0.1, -0.05) is 0 Å². The number of hydrogen-bond acceptors (Lipinski definition) is 4. The van der Waals surface area contributed by atoms with Crippen LogP contribution in [0.2, 0.25) is 0 Å². The highest BCUT2D eigenvalue weighted by Gasteiger charge is 2.10. The van der Waals surface area contributed by atoms with Crippen molar-refractivity contribution in [3.8, 4) is 0 Å². The fourth-order valence-electron chi connectivity index (χ4n) is 1.44. The molecule has 2 aromatic heterocycles. The molecule has 5 heteroatoms. The largest absolute Gasteiger partial charge is 0.326 e. The summed E-state index contributed by atoms with van der Waals surface area (Å²) in [5.74, 6) is 0. The third-order valence-corrected chi connectivity index (χ3v) is 4.34. The van der Waals surface area contributed by atoms with Crippen LogP contribution in [0.15, 0.2) is 45.1 Å². The zero-order valence-corrected chi connectivity index (χ0v) is 11.8. The minimum absolute atomic E-state index is 0.493. The Labute approximate surface area is 113 Å². The molecule has 0 bridgehead atoms. The van der Waals surface area contributed by atoms with Gasteiger partial charge in [0.25, 0.3) is 0 Å². The Kier molecular flexibility index (Phi) is 4.15. The molecular weight excluding hydrogens is 298 g/mol. The molecular formula is C12H12BrN3S. The molecule has 0 amide bonds. The molecule has 0 aliphatic carbocycles. The Balaban J connectivity index is 2.37. The summed E-state index contributed by atoms with van der Waals surface area (Å²) in [5.41, 5.74) is 8.00. The number of nitrogens with two attached hydrogens (primary N) is 1. The van der Waals surface area contributed by atoms with Gasteiger partial charge in [0.2, 0.25) is 0 Å². The molecule has 0 saturated carbocycles. The standard InChI is InChI=1S/C12H12BrN3S/c1-8-4-6-16-11(9(8)7-14)17-12-10(13)3-2-5-15-12/h2-6H,7,14H2,1H3. The molecule has 0 spiro atoms. The highest BCUT2D eigenvalue weighted by atomic mass is 79.9. The number of aromatic nitrogens is 2. The van der Waals surface area contributed by atoms with Crippen LogP contribution in [0.5, 0.6) is 0 Å². The predicted molar refractivity (Wildman–Crippen MR) is 72.9 cm³/mol. The van der Waals surface area contributed by atoms with Crippen molar-refractivity contribution in [2.45, 2.75) is 23.5 Å². The van der Waals surface area contributed by atoms with Crippen molar-refractivity contribution in [1.82, 2.24) is 9.97 Å². The number of hydrogen-bond donors (Lipinski definition) is 1. The molecule has 0 unspecified atom stereocenters. The van der Waals surface area contributed by atoms with E-state index in [1.54, 1.807) is 12.4 Å². The van der Waals surface area contributed by atoms with Crippen LogP contribution in [0, 0.1) is 6.92 Å². The van der Waals surface area contributed by atoms with Gasteiger partial charge in [0, 0.05) is 24.5 Å². The Bertz CT molecular complexity index is 531. The van der Waals surface area contributed by atoms with Crippen LogP contribution in [-0.2, 0) is 6.54 Å². The second-order valence-corrected chi connectivity index (χ2v) is 5.34. The lowest BCUT2D eigenvalue weighted by molar-refractivity contribution is 0.939. The maximum Gasteiger partial charge on any atom is 0.116 e. The first-order chi connectivity index (χ1) is 8.22. The first kappa shape index (κ1) is 12.5. The van der Waals surface area contributed by atoms with Crippen molar-refractivity contribution in [2.24, 2.45) is 5.73 Å². The molecule has 0 aliphatic heterocycles. The summed E-state index contributed by atoms with van der Waals surface area (Å²) in [6.45, 7) is 2.54. The van der Waals surface area contributed by atoms with Gasteiger partial charge in [-0.25, -0.2) is 9.97 Å². The zero-order chi connectivity index (χ0) is 12.3. The normalized spacial score (nSPS) is 10.5. The molecule has 88 valence electrons. The van der Waals surface area contributed by atoms with Crippen molar-refractivity contribution in [1.29, 1.82) is 0 Å². The zero-order valence-electron chi connectivity index (χ0n) is 9.35. The van der Waals surface area contributed by atoms with E-state index in [9.17, 15) is 0 Å². The summed E-state index contributed by atoms with van der Waals surface area (Å²) < 4.78 is 0.969. The van der Waals surface area contributed by atoms with Crippen molar-refractivity contribution >= 4 is 27.7 Å². The number of halogens is 1. The molecule has 0 fully saturated rings. The van der Waals surface area contributed by atoms with Crippen LogP contribution < -0.4 is 5.73 Å². The molecule has 2 N–H and O–H groups in total. The van der Waals surface area contributed by atoms with E-state index in [-0.39, 0.29) is 0 Å². The van der Waals surface area contributed by atoms with E-state index < -0.39 is 0 Å². The molecule has 0 saturated heterocycles. The van der Waals surface area contributed by atoms with Crippen LogP contribution in [0.3, 0.4) is 0 Å². The Hall–Kier alpha value is -0.910. The third kappa shape index (κ3) is 2.86. The van der Waals surface area contributed by atoms with Crippen LogP contribution in [0.1, 0.15) is 11.1 Å². The van der Waals surface area contributed by atoms with E-state index in [4.69, 9.17) is 5.73 Å². The van der Waals surface area contributed by atoms with Gasteiger partial charge in [0.05, 0.1) is 4.47 Å². The lowest BCUT2D eigenvalue weighted by atomic mass is 10.2. The van der Waals surface area contributed by atoms with Crippen molar-refractivity contribution in [3.63, 3.8) is 0 Å². The van der Waals surface area contributed by atoms with Gasteiger partial charge in [-0.2, -0.15) is 0 Å². The van der Waals surface area contributed by atoms with Gasteiger partial charge < -0.3 is 5.73 Å². The second kappa shape index (κ2) is 5.62. The summed E-state index contributed by atoms with van der Waals surface area (Å²) >= 11 is 5.01. The van der Waals surface area contributed by atoms with E-state index in [1.165, 1.54) is 11.8 Å². The van der Waals surface area contributed by atoms with E-state index in [0.29, 0.717) is 6.54 Å². The lowest BCUT2D eigenvalue weighted by Gasteiger charge is -2.09. The third-order valence-electron chi connectivity index (χ3n) is 2.37. The summed E-state index contributed by atoms with van der Waals surface area (Å²) in [4.78, 5) is 8.68. The Morgan fingerprint density at radius 3 is 2.71 bits per heavy atom. The van der Waals surface area contributed by atoms with E-state index in [2.05, 4.69) is 25.9 Å². The molecule has 0 aliphatic rings. The van der Waals surface area contributed by atoms with Crippen molar-refractivity contribution < 1.29 is 0 Å². The minimum atomic E-state index is 0.493. The van der Waals surface area contributed by atoms with Crippen LogP contribution in [0.25, 0.3) is 0 Å². The molecule has 17 heavy (non-hydrogen) atoms. The average molecular weight is 310 g/mol. The van der Waals surface area contributed by atoms with E-state index in [0.717, 1.165) is 25.7 Å². The highest BCUT2D eigenvalue weighted by molar-refractivity contribution is 9.10. The van der Waals surface area contributed by atoms with Crippen molar-refractivity contribution in [2.75, 3.05) is 0 Å². The van der Waals surface area contributed by atoms with E-state index >= 15 is 0 Å². The van der Waals surface area contributed by atoms with Gasteiger partial charge >= 0.3 is 0 Å². The minimum Gasteiger partial charge on any atom is -0.326 e. The van der Waals surface area contributed by atoms with Gasteiger partial charge in [-0.3, -0.25) is 0 Å². The monoisotopic (exact) mass is 309 g/mol. The lowest BCUT2D eigenvalue weighted by Crippen LogP contribution is -2.02. The number of rotatable bonds is 3. The maximum absolute atomic E-state index is 5.76. The molecule has 2 aromatic rings. The fraction of sp³-hybridized carbons (Fsp3) is 0.167. The maximum atomic E-state index is 5.76. The molecule has 0 aromatic carbocycles. The summed E-state index contributed by atoms with van der Waals surface area (Å²) in [5, 5.41) is 1.83. The summed E-state index contributed by atoms with van der Waals surface area (Å²) in [7, 11) is 0. The molecule has 2 heterocycles. The number of pyridine rings is 2. The molecule has 3 nitrogen and oxygen atoms in total. The van der Waals surface area contributed by atoms with Crippen molar-refractivity contribution in [3.05, 3.63) is 46.2 Å². The topological polar surface area (TPSA) is 51.8 Å². The number of aryl methyl sites for hydroxylation is 1. The molecule has 0 atom stereocenters. The Morgan fingerprint density at radius 2 is 2.00 bits per heavy atom. The first-order valence-electron chi connectivity index (χ1n) is 5.15. The van der Waals surface area contributed by atoms with Gasteiger partial charge in [-0.05, 0) is 58.4 Å². The van der Waals surface area contributed by atoms with Gasteiger partial charge in [0.15, 0.2) is 0 Å². The van der Waals surface area contributed by atoms with Gasteiger partial charge in [-0.15, -0.1) is 0 Å². The second-order valence-electron chi connectivity index (χ2n) is 3.51. The predicted octanol–water partition coefficient (Wildman–Crippen LogP) is 3.16. The van der Waals surface area contributed by atoms with Crippen LogP contribution in [-0.4, -0.2) is 9.97 Å². The quantitative estimate of drug-likeness (QED) is 0.946.